The normalized spacial score (nSPS) is 17.3. The molecule has 0 aliphatic carbocycles. The summed E-state index contributed by atoms with van der Waals surface area (Å²) < 4.78 is 4.68. The highest BCUT2D eigenvalue weighted by Crippen LogP contribution is 2.41. The molecular formula is C14H14N4O6. The van der Waals surface area contributed by atoms with Crippen molar-refractivity contribution in [2.24, 2.45) is 5.73 Å². The summed E-state index contributed by atoms with van der Waals surface area (Å²) in [5, 5.41) is 25.3. The Hall–Kier alpha value is -3.43. The van der Waals surface area contributed by atoms with Gasteiger partial charge in [-0.05, 0) is 6.92 Å². The number of esters is 1. The number of hydrogen-bond donors (Lipinski definition) is 2. The molecule has 0 bridgehead atoms. The minimum atomic E-state index is -1.32. The lowest BCUT2D eigenvalue weighted by Crippen LogP contribution is -2.35. The van der Waals surface area contributed by atoms with E-state index in [4.69, 9.17) is 5.73 Å². The second kappa shape index (κ2) is 6.36. The molecule has 0 amide bonds. The molecule has 0 fully saturated rings. The average molecular weight is 334 g/mol. The summed E-state index contributed by atoms with van der Waals surface area (Å²) in [5.41, 5.74) is 4.91. The third-order valence-electron chi connectivity index (χ3n) is 3.61. The lowest BCUT2D eigenvalue weighted by atomic mass is 9.84. The Labute approximate surface area is 135 Å². The van der Waals surface area contributed by atoms with Crippen molar-refractivity contribution in [2.45, 2.75) is 12.8 Å². The van der Waals surface area contributed by atoms with E-state index in [1.54, 1.807) is 0 Å². The molecule has 1 heterocycles. The molecule has 10 nitrogen and oxygen atoms in total. The third kappa shape index (κ3) is 2.76. The molecule has 2 rings (SSSR count). The molecule has 0 aromatic heterocycles. The van der Waals surface area contributed by atoms with Gasteiger partial charge in [-0.3, -0.25) is 20.2 Å². The Morgan fingerprint density at radius 2 is 1.88 bits per heavy atom. The van der Waals surface area contributed by atoms with Crippen LogP contribution in [0.2, 0.25) is 0 Å². The first-order chi connectivity index (χ1) is 11.3. The van der Waals surface area contributed by atoms with Gasteiger partial charge in [0.2, 0.25) is 0 Å². The molecule has 1 aliphatic heterocycles. The van der Waals surface area contributed by atoms with Gasteiger partial charge in [0.1, 0.15) is 5.92 Å². The van der Waals surface area contributed by atoms with Crippen LogP contribution in [-0.4, -0.2) is 22.9 Å². The predicted molar refractivity (Wildman–Crippen MR) is 81.9 cm³/mol. The predicted octanol–water partition coefficient (Wildman–Crippen LogP) is 1.13. The molecule has 24 heavy (non-hydrogen) atoms. The number of methoxy groups -OCH3 is 1. The van der Waals surface area contributed by atoms with Crippen LogP contribution in [0.15, 0.2) is 47.1 Å². The number of nitrogens with zero attached hydrogens (tertiary/aromatic N) is 2. The number of benzene rings is 1. The fraction of sp³-hybridized carbons (Fsp3) is 0.214. The number of nitro benzene ring substituents is 1. The van der Waals surface area contributed by atoms with Crippen LogP contribution in [0, 0.1) is 20.2 Å². The van der Waals surface area contributed by atoms with Gasteiger partial charge in [0.05, 0.1) is 22.5 Å². The van der Waals surface area contributed by atoms with Crippen molar-refractivity contribution in [3.63, 3.8) is 0 Å². The van der Waals surface area contributed by atoms with Crippen molar-refractivity contribution < 1.29 is 19.4 Å². The third-order valence-corrected chi connectivity index (χ3v) is 3.61. The van der Waals surface area contributed by atoms with Crippen LogP contribution in [0.3, 0.4) is 0 Å². The zero-order chi connectivity index (χ0) is 18.0. The largest absolute Gasteiger partial charge is 0.466 e. The minimum Gasteiger partial charge on any atom is -0.466 e. The molecule has 1 aliphatic rings. The maximum Gasteiger partial charge on any atom is 0.336 e. The molecule has 126 valence electrons. The zero-order valence-corrected chi connectivity index (χ0v) is 12.8. The fourth-order valence-corrected chi connectivity index (χ4v) is 2.63. The molecule has 0 radical (unpaired) electrons. The summed E-state index contributed by atoms with van der Waals surface area (Å²) >= 11 is 0. The van der Waals surface area contributed by atoms with Gasteiger partial charge in [-0.1, -0.05) is 18.2 Å². The quantitative estimate of drug-likeness (QED) is 0.472. The lowest BCUT2D eigenvalue weighted by Gasteiger charge is -2.25. The summed E-state index contributed by atoms with van der Waals surface area (Å²) in [6.07, 6.45) is 0. The highest BCUT2D eigenvalue weighted by atomic mass is 16.6. The molecule has 1 atom stereocenters. The SMILES string of the molecule is COC(=O)C1=C(C)NC(N)=C([N+](=O)[O-])C1c1ccccc1[N+](=O)[O-]. The van der Waals surface area contributed by atoms with Crippen molar-refractivity contribution in [2.75, 3.05) is 7.11 Å². The molecule has 1 unspecified atom stereocenters. The van der Waals surface area contributed by atoms with Crippen molar-refractivity contribution in [3.05, 3.63) is 72.8 Å². The monoisotopic (exact) mass is 334 g/mol. The maximum atomic E-state index is 12.1. The first kappa shape index (κ1) is 16.9. The Bertz CT molecular complexity index is 798. The van der Waals surface area contributed by atoms with Gasteiger partial charge in [-0.15, -0.1) is 0 Å². The van der Waals surface area contributed by atoms with Crippen molar-refractivity contribution >= 4 is 11.7 Å². The molecule has 0 saturated carbocycles. The summed E-state index contributed by atoms with van der Waals surface area (Å²) in [7, 11) is 1.12. The summed E-state index contributed by atoms with van der Waals surface area (Å²) in [6, 6.07) is 5.47. The van der Waals surface area contributed by atoms with Crippen molar-refractivity contribution in [3.8, 4) is 0 Å². The van der Waals surface area contributed by atoms with E-state index in [9.17, 15) is 25.0 Å². The summed E-state index contributed by atoms with van der Waals surface area (Å²) in [4.78, 5) is 33.5. The number of para-hydroxylation sites is 1. The second-order valence-corrected chi connectivity index (χ2v) is 4.96. The van der Waals surface area contributed by atoms with Crippen molar-refractivity contribution in [1.82, 2.24) is 5.32 Å². The number of nitrogens with two attached hydrogens (primary N) is 1. The summed E-state index contributed by atoms with van der Waals surface area (Å²) in [6.45, 7) is 1.48. The van der Waals surface area contributed by atoms with Gasteiger partial charge in [0, 0.05) is 17.3 Å². The smallest absolute Gasteiger partial charge is 0.336 e. The second-order valence-electron chi connectivity index (χ2n) is 4.96. The van der Waals surface area contributed by atoms with Crippen LogP contribution >= 0.6 is 0 Å². The Balaban J connectivity index is 2.80. The van der Waals surface area contributed by atoms with Crippen molar-refractivity contribution in [1.29, 1.82) is 0 Å². The standard InChI is InChI=1S/C14H14N4O6/c1-7-10(14(19)24-2)11(12(18(22)23)13(15)16-7)8-5-3-4-6-9(8)17(20)21/h3-6,11,16H,15H2,1-2H3. The van der Waals surface area contributed by atoms with Crippen LogP contribution in [-0.2, 0) is 9.53 Å². The highest BCUT2D eigenvalue weighted by Gasteiger charge is 2.44. The van der Waals surface area contributed by atoms with Gasteiger partial charge >= 0.3 is 5.97 Å². The molecule has 1 aromatic carbocycles. The van der Waals surface area contributed by atoms with E-state index in [2.05, 4.69) is 10.1 Å². The molecule has 1 aromatic rings. The fourth-order valence-electron chi connectivity index (χ4n) is 2.63. The maximum absolute atomic E-state index is 12.1. The van der Waals surface area contributed by atoms with Gasteiger partial charge in [-0.2, -0.15) is 0 Å². The van der Waals surface area contributed by atoms with E-state index < -0.39 is 27.4 Å². The Morgan fingerprint density at radius 1 is 1.25 bits per heavy atom. The van der Waals surface area contributed by atoms with Crippen LogP contribution in [0.5, 0.6) is 0 Å². The van der Waals surface area contributed by atoms with Gasteiger partial charge < -0.3 is 15.8 Å². The van der Waals surface area contributed by atoms with Gasteiger partial charge in [0.25, 0.3) is 11.4 Å². The number of allylic oxidation sites excluding steroid dienone is 2. The van der Waals surface area contributed by atoms with Crippen LogP contribution in [0.25, 0.3) is 0 Å². The Kier molecular flexibility index (Phi) is 4.49. The molecule has 0 saturated heterocycles. The van der Waals surface area contributed by atoms with Gasteiger partial charge in [-0.25, -0.2) is 4.79 Å². The van der Waals surface area contributed by atoms with Crippen LogP contribution in [0.1, 0.15) is 18.4 Å². The average Bonchev–Trinajstić information content (AvgIpc) is 2.52. The topological polar surface area (TPSA) is 151 Å². The summed E-state index contributed by atoms with van der Waals surface area (Å²) in [5.74, 6) is -2.45. The number of dihydropyridines is 1. The molecular weight excluding hydrogens is 320 g/mol. The minimum absolute atomic E-state index is 0.0154. The number of carbonyl (C=O) groups excluding carboxylic acids is 1. The van der Waals surface area contributed by atoms with E-state index in [0.29, 0.717) is 0 Å². The number of nitrogens with one attached hydrogen (secondary N) is 1. The molecule has 0 spiro atoms. The van der Waals surface area contributed by atoms with E-state index in [0.717, 1.165) is 7.11 Å². The van der Waals surface area contributed by atoms with E-state index >= 15 is 0 Å². The van der Waals surface area contributed by atoms with Crippen LogP contribution < -0.4 is 11.1 Å². The Morgan fingerprint density at radius 3 is 2.42 bits per heavy atom. The number of carbonyl (C=O) groups is 1. The number of nitro groups is 2. The first-order valence-electron chi connectivity index (χ1n) is 6.73. The van der Waals surface area contributed by atoms with Crippen LogP contribution in [0.4, 0.5) is 5.69 Å². The van der Waals surface area contributed by atoms with Gasteiger partial charge in [0.15, 0.2) is 5.82 Å². The van der Waals surface area contributed by atoms with E-state index in [1.165, 1.54) is 31.2 Å². The highest BCUT2D eigenvalue weighted by molar-refractivity contribution is 5.92. The number of ether oxygens (including phenoxy) is 1. The first-order valence-corrected chi connectivity index (χ1v) is 6.73. The molecule has 10 heteroatoms. The lowest BCUT2D eigenvalue weighted by molar-refractivity contribution is -0.431. The number of rotatable bonds is 4. The zero-order valence-electron chi connectivity index (χ0n) is 12.8. The number of hydrogen-bond acceptors (Lipinski definition) is 8. The molecule has 3 N–H and O–H groups in total. The van der Waals surface area contributed by atoms with E-state index in [1.807, 2.05) is 0 Å². The van der Waals surface area contributed by atoms with E-state index in [-0.39, 0.29) is 28.3 Å².